The predicted octanol–water partition coefficient (Wildman–Crippen LogP) is 4.56. The molecule has 3 aromatic heterocycles. The minimum atomic E-state index is 0.541. The number of nitrogens with one attached hydrogen (secondary N) is 1. The Morgan fingerprint density at radius 2 is 2.08 bits per heavy atom. The number of aromatic nitrogens is 4. The molecule has 136 valence electrons. The van der Waals surface area contributed by atoms with E-state index in [1.807, 2.05) is 22.8 Å². The van der Waals surface area contributed by atoms with Gasteiger partial charge in [-0.15, -0.1) is 0 Å². The molecule has 0 bridgehead atoms. The highest BCUT2D eigenvalue weighted by Gasteiger charge is 2.20. The molecule has 1 fully saturated rings. The van der Waals surface area contributed by atoms with Gasteiger partial charge in [-0.3, -0.25) is 0 Å². The number of pyridine rings is 1. The van der Waals surface area contributed by atoms with Gasteiger partial charge in [0.2, 0.25) is 5.88 Å². The number of nitrogens with zero attached hydrogens (tertiary/aromatic N) is 4. The van der Waals surface area contributed by atoms with E-state index in [2.05, 4.69) is 37.4 Å². The number of ether oxygens (including phenoxy) is 1. The van der Waals surface area contributed by atoms with Gasteiger partial charge in [-0.25, -0.2) is 9.97 Å². The Labute approximate surface area is 161 Å². The topological polar surface area (TPSA) is 64.3 Å². The first kappa shape index (κ1) is 17.3. The molecule has 1 aliphatic rings. The predicted molar refractivity (Wildman–Crippen MR) is 105 cm³/mol. The fraction of sp³-hybridized carbons (Fsp3) is 0.421. The SMILES string of the molecule is COc1ccc(CNc2cc(C3CCCCC3)nc3c(Br)cnn23)cn1. The summed E-state index contributed by atoms with van der Waals surface area (Å²) in [6.07, 6.45) is 9.98. The zero-order chi connectivity index (χ0) is 17.9. The lowest BCUT2D eigenvalue weighted by atomic mass is 9.87. The van der Waals surface area contributed by atoms with Gasteiger partial charge < -0.3 is 10.1 Å². The number of fused-ring (bicyclic) bond motifs is 1. The summed E-state index contributed by atoms with van der Waals surface area (Å²) < 4.78 is 7.89. The van der Waals surface area contributed by atoms with Crippen molar-refractivity contribution in [2.75, 3.05) is 12.4 Å². The summed E-state index contributed by atoms with van der Waals surface area (Å²) in [4.78, 5) is 9.14. The monoisotopic (exact) mass is 415 g/mol. The lowest BCUT2D eigenvalue weighted by Crippen LogP contribution is -2.11. The molecule has 3 aromatic rings. The molecule has 26 heavy (non-hydrogen) atoms. The van der Waals surface area contributed by atoms with Crippen molar-refractivity contribution in [2.24, 2.45) is 0 Å². The highest BCUT2D eigenvalue weighted by Crippen LogP contribution is 2.33. The Morgan fingerprint density at radius 1 is 1.23 bits per heavy atom. The summed E-state index contributed by atoms with van der Waals surface area (Å²) in [5.74, 6) is 2.12. The highest BCUT2D eigenvalue weighted by molar-refractivity contribution is 9.10. The van der Waals surface area contributed by atoms with E-state index >= 15 is 0 Å². The van der Waals surface area contributed by atoms with Crippen LogP contribution in [0.2, 0.25) is 0 Å². The highest BCUT2D eigenvalue weighted by atomic mass is 79.9. The molecule has 0 radical (unpaired) electrons. The number of halogens is 1. The maximum absolute atomic E-state index is 5.12. The van der Waals surface area contributed by atoms with Crippen molar-refractivity contribution in [2.45, 2.75) is 44.6 Å². The van der Waals surface area contributed by atoms with E-state index in [1.165, 1.54) is 32.1 Å². The summed E-state index contributed by atoms with van der Waals surface area (Å²) in [5, 5.41) is 7.95. The van der Waals surface area contributed by atoms with Gasteiger partial charge in [-0.1, -0.05) is 25.3 Å². The van der Waals surface area contributed by atoms with Gasteiger partial charge in [0.15, 0.2) is 5.65 Å². The van der Waals surface area contributed by atoms with Crippen LogP contribution in [0.1, 0.15) is 49.3 Å². The molecule has 0 amide bonds. The maximum atomic E-state index is 5.12. The van der Waals surface area contributed by atoms with Crippen LogP contribution in [-0.2, 0) is 6.54 Å². The molecule has 0 aromatic carbocycles. The van der Waals surface area contributed by atoms with Crippen molar-refractivity contribution in [3.63, 3.8) is 0 Å². The van der Waals surface area contributed by atoms with Crippen LogP contribution in [0, 0.1) is 0 Å². The number of anilines is 1. The van der Waals surface area contributed by atoms with Crippen LogP contribution in [0.5, 0.6) is 5.88 Å². The number of methoxy groups -OCH3 is 1. The molecule has 0 atom stereocenters. The molecule has 0 unspecified atom stereocenters. The second kappa shape index (κ2) is 7.61. The molecule has 0 spiro atoms. The van der Waals surface area contributed by atoms with E-state index in [0.717, 1.165) is 27.2 Å². The van der Waals surface area contributed by atoms with Gasteiger partial charge in [0.25, 0.3) is 0 Å². The van der Waals surface area contributed by atoms with E-state index in [4.69, 9.17) is 9.72 Å². The van der Waals surface area contributed by atoms with E-state index < -0.39 is 0 Å². The normalized spacial score (nSPS) is 15.3. The third-order valence-electron chi connectivity index (χ3n) is 4.95. The van der Waals surface area contributed by atoms with Crippen LogP contribution >= 0.6 is 15.9 Å². The smallest absolute Gasteiger partial charge is 0.212 e. The molecule has 1 saturated carbocycles. The lowest BCUT2D eigenvalue weighted by molar-refractivity contribution is 0.397. The van der Waals surface area contributed by atoms with E-state index in [0.29, 0.717) is 18.3 Å². The van der Waals surface area contributed by atoms with Crippen LogP contribution in [0.4, 0.5) is 5.82 Å². The van der Waals surface area contributed by atoms with Crippen molar-refractivity contribution in [3.8, 4) is 5.88 Å². The molecular formula is C19H22BrN5O. The largest absolute Gasteiger partial charge is 0.481 e. The molecule has 4 rings (SSSR count). The fourth-order valence-electron chi connectivity index (χ4n) is 3.52. The zero-order valence-electron chi connectivity index (χ0n) is 14.8. The van der Waals surface area contributed by atoms with Gasteiger partial charge in [-0.05, 0) is 34.3 Å². The lowest BCUT2D eigenvalue weighted by Gasteiger charge is -2.22. The van der Waals surface area contributed by atoms with Crippen LogP contribution < -0.4 is 10.1 Å². The first-order valence-corrected chi connectivity index (χ1v) is 9.81. The molecule has 6 nitrogen and oxygen atoms in total. The number of hydrogen-bond donors (Lipinski definition) is 1. The van der Waals surface area contributed by atoms with Crippen molar-refractivity contribution < 1.29 is 4.74 Å². The van der Waals surface area contributed by atoms with Crippen molar-refractivity contribution in [1.82, 2.24) is 19.6 Å². The Morgan fingerprint density at radius 3 is 2.81 bits per heavy atom. The molecule has 0 aliphatic heterocycles. The second-order valence-corrected chi connectivity index (χ2v) is 7.55. The second-order valence-electron chi connectivity index (χ2n) is 6.69. The summed E-state index contributed by atoms with van der Waals surface area (Å²) >= 11 is 3.57. The van der Waals surface area contributed by atoms with Crippen LogP contribution in [0.25, 0.3) is 5.65 Å². The van der Waals surface area contributed by atoms with Crippen molar-refractivity contribution >= 4 is 27.4 Å². The van der Waals surface area contributed by atoms with E-state index in [9.17, 15) is 0 Å². The molecule has 1 N–H and O–H groups in total. The first-order chi connectivity index (χ1) is 12.7. The summed E-state index contributed by atoms with van der Waals surface area (Å²) in [6.45, 7) is 0.664. The molecular weight excluding hydrogens is 394 g/mol. The molecule has 0 saturated heterocycles. The third-order valence-corrected chi connectivity index (χ3v) is 5.51. The number of rotatable bonds is 5. The maximum Gasteiger partial charge on any atom is 0.212 e. The van der Waals surface area contributed by atoms with Gasteiger partial charge in [-0.2, -0.15) is 9.61 Å². The quantitative estimate of drug-likeness (QED) is 0.661. The van der Waals surface area contributed by atoms with Crippen LogP contribution in [0.3, 0.4) is 0 Å². The van der Waals surface area contributed by atoms with Gasteiger partial charge >= 0.3 is 0 Å². The minimum absolute atomic E-state index is 0.541. The minimum Gasteiger partial charge on any atom is -0.481 e. The third kappa shape index (κ3) is 3.53. The Balaban J connectivity index is 1.61. The van der Waals surface area contributed by atoms with Crippen molar-refractivity contribution in [1.29, 1.82) is 0 Å². The van der Waals surface area contributed by atoms with E-state index in [1.54, 1.807) is 13.3 Å². The summed E-state index contributed by atoms with van der Waals surface area (Å²) in [5.41, 5.74) is 3.11. The summed E-state index contributed by atoms with van der Waals surface area (Å²) in [6, 6.07) is 6.04. The summed E-state index contributed by atoms with van der Waals surface area (Å²) in [7, 11) is 1.62. The van der Waals surface area contributed by atoms with Gasteiger partial charge in [0.1, 0.15) is 5.82 Å². The fourth-order valence-corrected chi connectivity index (χ4v) is 3.87. The average molecular weight is 416 g/mol. The Kier molecular flexibility index (Phi) is 5.06. The van der Waals surface area contributed by atoms with Crippen molar-refractivity contribution in [3.05, 3.63) is 46.3 Å². The van der Waals surface area contributed by atoms with E-state index in [-0.39, 0.29) is 0 Å². The Bertz CT molecular complexity index is 887. The molecule has 3 heterocycles. The Hall–Kier alpha value is -2.15. The molecule has 1 aliphatic carbocycles. The van der Waals surface area contributed by atoms with Crippen LogP contribution in [-0.4, -0.2) is 26.7 Å². The first-order valence-electron chi connectivity index (χ1n) is 9.01. The van der Waals surface area contributed by atoms with Crippen LogP contribution in [0.15, 0.2) is 35.1 Å². The van der Waals surface area contributed by atoms with Gasteiger partial charge in [0.05, 0.1) is 17.8 Å². The average Bonchev–Trinajstić information content (AvgIpc) is 3.08. The standard InChI is InChI=1S/C19H22BrN5O/c1-26-18-8-7-13(11-22-18)10-21-17-9-16(14-5-3-2-4-6-14)24-19-15(20)12-23-25(17)19/h7-9,11-12,14,21H,2-6,10H2,1H3. The number of hydrogen-bond acceptors (Lipinski definition) is 5. The van der Waals surface area contributed by atoms with Gasteiger partial charge in [0, 0.05) is 36.5 Å². The zero-order valence-corrected chi connectivity index (χ0v) is 16.4. The molecule has 7 heteroatoms.